The van der Waals surface area contributed by atoms with Crippen LogP contribution in [0.15, 0.2) is 18.5 Å². The van der Waals surface area contributed by atoms with Crippen molar-refractivity contribution >= 4 is 0 Å². The molecular formula is C12H18N4. The summed E-state index contributed by atoms with van der Waals surface area (Å²) in [5, 5.41) is 3.57. The van der Waals surface area contributed by atoms with Crippen molar-refractivity contribution in [3.8, 4) is 0 Å². The van der Waals surface area contributed by atoms with E-state index < -0.39 is 0 Å². The zero-order chi connectivity index (χ0) is 10.8. The number of aromatic amines is 1. The molecule has 0 saturated carbocycles. The molecule has 0 amide bonds. The first-order valence-corrected chi connectivity index (χ1v) is 6.03. The quantitative estimate of drug-likeness (QED) is 0.718. The van der Waals surface area contributed by atoms with Crippen LogP contribution in [0.3, 0.4) is 0 Å². The topological polar surface area (TPSA) is 44.0 Å². The third-order valence-electron chi connectivity index (χ3n) is 3.44. The Kier molecular flexibility index (Phi) is 2.76. The summed E-state index contributed by atoms with van der Waals surface area (Å²) in [6, 6.07) is 0.558. The molecule has 4 heteroatoms. The van der Waals surface area contributed by atoms with E-state index in [0.29, 0.717) is 6.04 Å². The smallest absolute Gasteiger partial charge is 0.0925 e. The molecule has 0 bridgehead atoms. The molecule has 1 aromatic rings. The third-order valence-corrected chi connectivity index (χ3v) is 3.44. The van der Waals surface area contributed by atoms with Crippen molar-refractivity contribution in [1.82, 2.24) is 20.2 Å². The number of nitrogens with one attached hydrogen (secondary N) is 2. The molecule has 3 rings (SSSR count). The Balaban J connectivity index is 1.59. The Bertz CT molecular complexity index is 382. The highest BCUT2D eigenvalue weighted by atomic mass is 15.2. The summed E-state index contributed by atoms with van der Waals surface area (Å²) in [6.07, 6.45) is 8.60. The summed E-state index contributed by atoms with van der Waals surface area (Å²) < 4.78 is 0. The Hall–Kier alpha value is -1.13. The minimum atomic E-state index is 0.558. The van der Waals surface area contributed by atoms with Crippen LogP contribution in [0.25, 0.3) is 0 Å². The molecule has 1 atom stereocenters. The van der Waals surface area contributed by atoms with Gasteiger partial charge in [-0.2, -0.15) is 0 Å². The number of aromatic nitrogens is 2. The number of imidazole rings is 1. The maximum atomic E-state index is 4.37. The van der Waals surface area contributed by atoms with E-state index in [1.807, 2.05) is 0 Å². The van der Waals surface area contributed by atoms with Gasteiger partial charge in [-0.25, -0.2) is 4.98 Å². The van der Waals surface area contributed by atoms with Crippen molar-refractivity contribution in [2.45, 2.75) is 25.4 Å². The van der Waals surface area contributed by atoms with Crippen molar-refractivity contribution in [3.05, 3.63) is 29.9 Å². The number of hydrogen-bond donors (Lipinski definition) is 2. The maximum absolute atomic E-state index is 4.37. The number of fused-ring (bicyclic) bond motifs is 1. The molecule has 0 aromatic carbocycles. The second-order valence-electron chi connectivity index (χ2n) is 4.63. The molecule has 0 radical (unpaired) electrons. The first-order chi connectivity index (χ1) is 7.92. The van der Waals surface area contributed by atoms with Crippen LogP contribution in [0, 0.1) is 0 Å². The van der Waals surface area contributed by atoms with Gasteiger partial charge in [-0.1, -0.05) is 12.2 Å². The zero-order valence-electron chi connectivity index (χ0n) is 9.45. The molecule has 0 saturated heterocycles. The van der Waals surface area contributed by atoms with E-state index in [4.69, 9.17) is 0 Å². The van der Waals surface area contributed by atoms with Gasteiger partial charge in [0.15, 0.2) is 0 Å². The molecule has 4 nitrogen and oxygen atoms in total. The maximum Gasteiger partial charge on any atom is 0.0925 e. The van der Waals surface area contributed by atoms with E-state index >= 15 is 0 Å². The molecule has 2 aliphatic rings. The minimum absolute atomic E-state index is 0.558. The molecule has 0 aliphatic carbocycles. The second kappa shape index (κ2) is 4.39. The standard InChI is InChI=1S/C12H18N4/c1-2-4-16(5-3-1)8-10-6-11-12(7-13-10)15-9-14-11/h1-2,9-10,13H,3-8H2,(H,14,15). The lowest BCUT2D eigenvalue weighted by atomic mass is 10.0. The van der Waals surface area contributed by atoms with Gasteiger partial charge in [0.1, 0.15) is 0 Å². The average Bonchev–Trinajstić information content (AvgIpc) is 2.77. The van der Waals surface area contributed by atoms with E-state index in [0.717, 1.165) is 26.1 Å². The molecule has 1 aromatic heterocycles. The summed E-state index contributed by atoms with van der Waals surface area (Å²) >= 11 is 0. The van der Waals surface area contributed by atoms with Gasteiger partial charge in [-0.3, -0.25) is 4.90 Å². The van der Waals surface area contributed by atoms with Crippen molar-refractivity contribution < 1.29 is 0 Å². The lowest BCUT2D eigenvalue weighted by Gasteiger charge is -2.30. The van der Waals surface area contributed by atoms with Crippen LogP contribution in [-0.4, -0.2) is 40.5 Å². The van der Waals surface area contributed by atoms with E-state index in [1.54, 1.807) is 6.33 Å². The highest BCUT2D eigenvalue weighted by Crippen LogP contribution is 2.13. The average molecular weight is 218 g/mol. The van der Waals surface area contributed by atoms with Crippen molar-refractivity contribution in [1.29, 1.82) is 0 Å². The van der Waals surface area contributed by atoms with E-state index in [1.165, 1.54) is 24.4 Å². The lowest BCUT2D eigenvalue weighted by molar-refractivity contribution is 0.253. The summed E-state index contributed by atoms with van der Waals surface area (Å²) in [5.41, 5.74) is 2.51. The van der Waals surface area contributed by atoms with Crippen LogP contribution in [0.1, 0.15) is 17.8 Å². The number of rotatable bonds is 2. The monoisotopic (exact) mass is 218 g/mol. The molecule has 16 heavy (non-hydrogen) atoms. The van der Waals surface area contributed by atoms with Crippen LogP contribution in [0.2, 0.25) is 0 Å². The van der Waals surface area contributed by atoms with Crippen LogP contribution in [0.4, 0.5) is 0 Å². The van der Waals surface area contributed by atoms with Gasteiger partial charge in [-0.05, 0) is 6.42 Å². The van der Waals surface area contributed by atoms with E-state index in [2.05, 4.69) is 32.3 Å². The van der Waals surface area contributed by atoms with Crippen molar-refractivity contribution in [3.63, 3.8) is 0 Å². The van der Waals surface area contributed by atoms with Gasteiger partial charge >= 0.3 is 0 Å². The molecule has 1 unspecified atom stereocenters. The Morgan fingerprint density at radius 1 is 1.44 bits per heavy atom. The van der Waals surface area contributed by atoms with Crippen molar-refractivity contribution in [2.24, 2.45) is 0 Å². The molecule has 2 N–H and O–H groups in total. The van der Waals surface area contributed by atoms with Gasteiger partial charge < -0.3 is 10.3 Å². The van der Waals surface area contributed by atoms with E-state index in [9.17, 15) is 0 Å². The third kappa shape index (κ3) is 2.03. The predicted molar refractivity (Wildman–Crippen MR) is 63.1 cm³/mol. The molecule has 0 spiro atoms. The van der Waals surface area contributed by atoms with Gasteiger partial charge in [0, 0.05) is 38.6 Å². The second-order valence-corrected chi connectivity index (χ2v) is 4.63. The Labute approximate surface area is 95.8 Å². The van der Waals surface area contributed by atoms with Gasteiger partial charge in [0.25, 0.3) is 0 Å². The van der Waals surface area contributed by atoms with Gasteiger partial charge in [-0.15, -0.1) is 0 Å². The number of hydrogen-bond acceptors (Lipinski definition) is 3. The Morgan fingerprint density at radius 3 is 3.31 bits per heavy atom. The predicted octanol–water partition coefficient (Wildman–Crippen LogP) is 0.686. The fraction of sp³-hybridized carbons (Fsp3) is 0.583. The SMILES string of the molecule is C1=CCN(CC2Cc3nc[nH]c3CN2)CC1. The zero-order valence-corrected chi connectivity index (χ0v) is 9.45. The minimum Gasteiger partial charge on any atom is -0.347 e. The fourth-order valence-corrected chi connectivity index (χ4v) is 2.53. The molecule has 0 fully saturated rings. The summed E-state index contributed by atoms with van der Waals surface area (Å²) in [4.78, 5) is 10.1. The Morgan fingerprint density at radius 2 is 2.44 bits per heavy atom. The lowest BCUT2D eigenvalue weighted by Crippen LogP contribution is -2.45. The van der Waals surface area contributed by atoms with Gasteiger partial charge in [0.05, 0.1) is 17.7 Å². The first-order valence-electron chi connectivity index (χ1n) is 6.03. The van der Waals surface area contributed by atoms with Crippen LogP contribution >= 0.6 is 0 Å². The van der Waals surface area contributed by atoms with Crippen LogP contribution in [0.5, 0.6) is 0 Å². The number of H-pyrrole nitrogens is 1. The number of nitrogens with zero attached hydrogens (tertiary/aromatic N) is 2. The largest absolute Gasteiger partial charge is 0.347 e. The fourth-order valence-electron chi connectivity index (χ4n) is 2.53. The molecule has 3 heterocycles. The summed E-state index contributed by atoms with van der Waals surface area (Å²) in [5.74, 6) is 0. The first kappa shape index (κ1) is 10.1. The highest BCUT2D eigenvalue weighted by molar-refractivity contribution is 5.16. The van der Waals surface area contributed by atoms with Gasteiger partial charge in [0.2, 0.25) is 0 Å². The molecule has 86 valence electrons. The highest BCUT2D eigenvalue weighted by Gasteiger charge is 2.21. The van der Waals surface area contributed by atoms with Crippen LogP contribution < -0.4 is 5.32 Å². The summed E-state index contributed by atoms with van der Waals surface area (Å²) in [7, 11) is 0. The van der Waals surface area contributed by atoms with Crippen molar-refractivity contribution in [2.75, 3.05) is 19.6 Å². The molecular weight excluding hydrogens is 200 g/mol. The normalized spacial score (nSPS) is 25.6. The van der Waals surface area contributed by atoms with Crippen LogP contribution in [-0.2, 0) is 13.0 Å². The summed E-state index contributed by atoms with van der Waals surface area (Å²) in [6.45, 7) is 4.37. The molecule has 2 aliphatic heterocycles. The van der Waals surface area contributed by atoms with E-state index in [-0.39, 0.29) is 0 Å².